The number of carbonyl (C=O) groups is 1. The maximum absolute atomic E-state index is 11.7. The molecule has 1 aromatic rings. The van der Waals surface area contributed by atoms with Gasteiger partial charge in [0.25, 0.3) is 0 Å². The van der Waals surface area contributed by atoms with Gasteiger partial charge in [0.15, 0.2) is 0 Å². The van der Waals surface area contributed by atoms with E-state index in [0.29, 0.717) is 17.8 Å². The van der Waals surface area contributed by atoms with Crippen LogP contribution in [0.4, 0.5) is 0 Å². The Morgan fingerprint density at radius 3 is 2.95 bits per heavy atom. The first-order chi connectivity index (χ1) is 9.28. The minimum absolute atomic E-state index is 0.218. The average molecular weight is 283 g/mol. The number of ether oxygens (including phenoxy) is 1. The molecule has 104 valence electrons. The van der Waals surface area contributed by atoms with Crippen LogP contribution >= 0.6 is 11.8 Å². The van der Waals surface area contributed by atoms with E-state index in [1.54, 1.807) is 0 Å². The van der Waals surface area contributed by atoms with Crippen LogP contribution in [0.3, 0.4) is 0 Å². The first kappa shape index (κ1) is 12.9. The largest absolute Gasteiger partial charge is 0.468 e. The Balaban J connectivity index is 1.58. The fraction of sp³-hybridized carbons (Fsp3) is 0.818. The number of hydrogen-bond donors (Lipinski definition) is 1. The maximum Gasteiger partial charge on any atom is 0.323 e. The van der Waals surface area contributed by atoms with Crippen molar-refractivity contribution in [2.45, 2.75) is 49.0 Å². The normalized spacial score (nSPS) is 20.3. The van der Waals surface area contributed by atoms with Gasteiger partial charge in [-0.3, -0.25) is 4.79 Å². The van der Waals surface area contributed by atoms with Gasteiger partial charge in [-0.25, -0.2) is 4.68 Å². The van der Waals surface area contributed by atoms with Gasteiger partial charge in [0.05, 0.1) is 13.2 Å². The average Bonchev–Trinajstić information content (AvgIpc) is 3.35. The van der Waals surface area contributed by atoms with Crippen LogP contribution in [0.25, 0.3) is 0 Å². The second-order valence-corrected chi connectivity index (χ2v) is 5.95. The summed E-state index contributed by atoms with van der Waals surface area (Å²) in [7, 11) is 1.42. The van der Waals surface area contributed by atoms with Gasteiger partial charge in [0.1, 0.15) is 6.04 Å². The van der Waals surface area contributed by atoms with E-state index in [0.717, 1.165) is 30.8 Å². The summed E-state index contributed by atoms with van der Waals surface area (Å²) in [6.45, 7) is 0. The first-order valence-corrected chi connectivity index (χ1v) is 7.51. The van der Waals surface area contributed by atoms with E-state index in [4.69, 9.17) is 4.74 Å². The Morgan fingerprint density at radius 2 is 2.32 bits per heavy atom. The van der Waals surface area contributed by atoms with Crippen LogP contribution in [-0.4, -0.2) is 51.1 Å². The zero-order valence-electron chi connectivity index (χ0n) is 10.8. The SMILES string of the molecule is COC(=O)C(CSc1nnnn1C1CC1)NC1CC1. The highest BCUT2D eigenvalue weighted by Gasteiger charge is 2.31. The molecular weight excluding hydrogens is 266 g/mol. The molecule has 0 radical (unpaired) electrons. The molecular formula is C11H17N5O2S. The lowest BCUT2D eigenvalue weighted by Crippen LogP contribution is -2.41. The van der Waals surface area contributed by atoms with E-state index in [1.807, 2.05) is 4.68 Å². The number of rotatable bonds is 7. The molecule has 1 aromatic heterocycles. The minimum atomic E-state index is -0.285. The number of tetrazole rings is 1. The summed E-state index contributed by atoms with van der Waals surface area (Å²) in [5, 5.41) is 15.8. The van der Waals surface area contributed by atoms with Gasteiger partial charge in [-0.1, -0.05) is 11.8 Å². The minimum Gasteiger partial charge on any atom is -0.468 e. The van der Waals surface area contributed by atoms with Gasteiger partial charge < -0.3 is 10.1 Å². The number of methoxy groups -OCH3 is 1. The molecule has 0 bridgehead atoms. The standard InChI is InChI=1S/C11H17N5O2S/c1-18-10(17)9(12-7-2-3-7)6-19-11-13-14-15-16(11)8-4-5-8/h7-9,12H,2-6H2,1H3. The summed E-state index contributed by atoms with van der Waals surface area (Å²) in [6, 6.07) is 0.626. The van der Waals surface area contributed by atoms with E-state index in [2.05, 4.69) is 20.8 Å². The lowest BCUT2D eigenvalue weighted by molar-refractivity contribution is -0.142. The van der Waals surface area contributed by atoms with Gasteiger partial charge in [0.2, 0.25) is 5.16 Å². The van der Waals surface area contributed by atoms with Crippen LogP contribution in [-0.2, 0) is 9.53 Å². The highest BCUT2D eigenvalue weighted by atomic mass is 32.2. The number of aromatic nitrogens is 4. The van der Waals surface area contributed by atoms with E-state index >= 15 is 0 Å². The van der Waals surface area contributed by atoms with Crippen molar-refractivity contribution in [3.63, 3.8) is 0 Å². The molecule has 2 aliphatic rings. The summed E-state index contributed by atoms with van der Waals surface area (Å²) < 4.78 is 6.69. The van der Waals surface area contributed by atoms with E-state index in [9.17, 15) is 4.79 Å². The Labute approximate surface area is 115 Å². The molecule has 1 unspecified atom stereocenters. The third-order valence-corrected chi connectivity index (χ3v) is 4.26. The summed E-state index contributed by atoms with van der Waals surface area (Å²) in [6.07, 6.45) is 4.55. The van der Waals surface area contributed by atoms with Crippen LogP contribution in [0.5, 0.6) is 0 Å². The molecule has 2 saturated carbocycles. The Kier molecular flexibility index (Phi) is 3.69. The van der Waals surface area contributed by atoms with Crippen molar-refractivity contribution in [1.82, 2.24) is 25.5 Å². The van der Waals surface area contributed by atoms with Gasteiger partial charge >= 0.3 is 5.97 Å². The van der Waals surface area contributed by atoms with E-state index < -0.39 is 0 Å². The zero-order chi connectivity index (χ0) is 13.2. The monoisotopic (exact) mass is 283 g/mol. The molecule has 0 aromatic carbocycles. The summed E-state index contributed by atoms with van der Waals surface area (Å²) in [5.41, 5.74) is 0. The molecule has 1 N–H and O–H groups in total. The fourth-order valence-electron chi connectivity index (χ4n) is 1.85. The highest BCUT2D eigenvalue weighted by Crippen LogP contribution is 2.36. The molecule has 1 heterocycles. The number of nitrogens with one attached hydrogen (secondary N) is 1. The number of carbonyl (C=O) groups excluding carboxylic acids is 1. The third kappa shape index (κ3) is 3.24. The van der Waals surface area contributed by atoms with Crippen molar-refractivity contribution < 1.29 is 9.53 Å². The predicted octanol–water partition coefficient (Wildman–Crippen LogP) is 0.394. The van der Waals surface area contributed by atoms with Crippen LogP contribution < -0.4 is 5.32 Å². The van der Waals surface area contributed by atoms with Crippen molar-refractivity contribution in [3.05, 3.63) is 0 Å². The van der Waals surface area contributed by atoms with Crippen molar-refractivity contribution >= 4 is 17.7 Å². The summed E-state index contributed by atoms with van der Waals surface area (Å²) >= 11 is 1.51. The second-order valence-electron chi connectivity index (χ2n) is 4.96. The third-order valence-electron chi connectivity index (χ3n) is 3.23. The molecule has 2 fully saturated rings. The topological polar surface area (TPSA) is 81.9 Å². The quantitative estimate of drug-likeness (QED) is 0.572. The fourth-order valence-corrected chi connectivity index (χ4v) is 2.81. The van der Waals surface area contributed by atoms with Crippen LogP contribution in [0.2, 0.25) is 0 Å². The van der Waals surface area contributed by atoms with Crippen molar-refractivity contribution in [2.24, 2.45) is 0 Å². The zero-order valence-corrected chi connectivity index (χ0v) is 11.6. The van der Waals surface area contributed by atoms with E-state index in [-0.39, 0.29) is 12.0 Å². The van der Waals surface area contributed by atoms with Gasteiger partial charge in [-0.2, -0.15) is 0 Å². The van der Waals surface area contributed by atoms with Gasteiger partial charge in [-0.15, -0.1) is 5.10 Å². The molecule has 19 heavy (non-hydrogen) atoms. The molecule has 0 saturated heterocycles. The van der Waals surface area contributed by atoms with Crippen molar-refractivity contribution in [1.29, 1.82) is 0 Å². The number of thioether (sulfide) groups is 1. The van der Waals surface area contributed by atoms with Crippen molar-refractivity contribution in [2.75, 3.05) is 12.9 Å². The molecule has 3 rings (SSSR count). The molecule has 7 nitrogen and oxygen atoms in total. The lowest BCUT2D eigenvalue weighted by Gasteiger charge is -2.15. The van der Waals surface area contributed by atoms with E-state index in [1.165, 1.54) is 18.9 Å². The predicted molar refractivity (Wildman–Crippen MR) is 68.8 cm³/mol. The lowest BCUT2D eigenvalue weighted by atomic mass is 10.3. The summed E-state index contributed by atoms with van der Waals surface area (Å²) in [4.78, 5) is 11.7. The molecule has 0 amide bonds. The molecule has 1 atom stereocenters. The van der Waals surface area contributed by atoms with Crippen LogP contribution in [0.15, 0.2) is 5.16 Å². The van der Waals surface area contributed by atoms with Crippen molar-refractivity contribution in [3.8, 4) is 0 Å². The number of hydrogen-bond acceptors (Lipinski definition) is 7. The molecule has 2 aliphatic carbocycles. The van der Waals surface area contributed by atoms with Crippen LogP contribution in [0.1, 0.15) is 31.7 Å². The second kappa shape index (κ2) is 5.46. The number of esters is 1. The number of nitrogens with zero attached hydrogens (tertiary/aromatic N) is 4. The Morgan fingerprint density at radius 1 is 1.53 bits per heavy atom. The molecule has 0 spiro atoms. The first-order valence-electron chi connectivity index (χ1n) is 6.52. The molecule has 0 aliphatic heterocycles. The highest BCUT2D eigenvalue weighted by molar-refractivity contribution is 7.99. The maximum atomic E-state index is 11.7. The van der Waals surface area contributed by atoms with Gasteiger partial charge in [-0.05, 0) is 36.1 Å². The summed E-state index contributed by atoms with van der Waals surface area (Å²) in [5.74, 6) is 0.376. The Bertz CT molecular complexity index is 458. The van der Waals surface area contributed by atoms with Gasteiger partial charge in [0, 0.05) is 11.8 Å². The Hall–Kier alpha value is -1.15. The smallest absolute Gasteiger partial charge is 0.323 e. The van der Waals surface area contributed by atoms with Crippen LogP contribution in [0, 0.1) is 0 Å². The molecule has 8 heteroatoms.